The molecule has 32 heavy (non-hydrogen) atoms. The topological polar surface area (TPSA) is 95.3 Å². The van der Waals surface area contributed by atoms with Crippen LogP contribution in [0.25, 0.3) is 0 Å². The van der Waals surface area contributed by atoms with Gasteiger partial charge >= 0.3 is 6.09 Å². The van der Waals surface area contributed by atoms with E-state index < -0.39 is 12.3 Å². The number of aliphatic hydroxyl groups excluding tert-OH is 1. The molecule has 162 valence electrons. The van der Waals surface area contributed by atoms with Crippen molar-refractivity contribution in [1.29, 1.82) is 0 Å². The Bertz CT molecular complexity index is 1250. The molecule has 1 heterocycles. The molecule has 3 aromatic carbocycles. The molecule has 0 bridgehead atoms. The number of aliphatic imine (C=N–C) groups is 2. The van der Waals surface area contributed by atoms with Crippen molar-refractivity contribution in [3.05, 3.63) is 92.9 Å². The van der Waals surface area contributed by atoms with E-state index in [4.69, 9.17) is 39.6 Å². The number of hydrogen-bond donors (Lipinski definition) is 3. The number of benzene rings is 3. The van der Waals surface area contributed by atoms with Crippen molar-refractivity contribution in [1.82, 2.24) is 5.48 Å². The van der Waals surface area contributed by atoms with Crippen molar-refractivity contribution >= 4 is 63.8 Å². The Morgan fingerprint density at radius 1 is 0.938 bits per heavy atom. The van der Waals surface area contributed by atoms with E-state index >= 15 is 0 Å². The summed E-state index contributed by atoms with van der Waals surface area (Å²) in [6.07, 6.45) is -2.30. The van der Waals surface area contributed by atoms with Crippen LogP contribution in [0.1, 0.15) is 11.1 Å². The molecule has 3 aromatic rings. The van der Waals surface area contributed by atoms with E-state index in [0.717, 1.165) is 0 Å². The number of carbonyl (C=O) groups is 1. The summed E-state index contributed by atoms with van der Waals surface area (Å²) >= 11 is 18.4. The zero-order valence-electron chi connectivity index (χ0n) is 16.2. The summed E-state index contributed by atoms with van der Waals surface area (Å²) in [5.41, 5.74) is 4.80. The Morgan fingerprint density at radius 2 is 1.72 bits per heavy atom. The van der Waals surface area contributed by atoms with Gasteiger partial charge in [-0.3, -0.25) is 5.32 Å². The Balaban J connectivity index is 1.61. The number of anilines is 1. The van der Waals surface area contributed by atoms with Crippen LogP contribution in [0.2, 0.25) is 15.1 Å². The van der Waals surface area contributed by atoms with E-state index in [9.17, 15) is 9.90 Å². The van der Waals surface area contributed by atoms with E-state index in [2.05, 4.69) is 20.8 Å². The molecule has 1 aliphatic heterocycles. The maximum absolute atomic E-state index is 12.1. The Labute approximate surface area is 198 Å². The highest BCUT2D eigenvalue weighted by Crippen LogP contribution is 2.31. The normalized spacial score (nSPS) is 15.1. The largest absolute Gasteiger partial charge is 0.435 e. The van der Waals surface area contributed by atoms with Crippen molar-refractivity contribution in [3.63, 3.8) is 0 Å². The quantitative estimate of drug-likeness (QED) is 0.408. The number of rotatable bonds is 2. The van der Waals surface area contributed by atoms with E-state index in [1.165, 1.54) is 0 Å². The van der Waals surface area contributed by atoms with Crippen LogP contribution in [-0.2, 0) is 4.84 Å². The third-order valence-corrected chi connectivity index (χ3v) is 5.20. The summed E-state index contributed by atoms with van der Waals surface area (Å²) in [5, 5.41) is 14.5. The average Bonchev–Trinajstić information content (AvgIpc) is 2.89. The van der Waals surface area contributed by atoms with Crippen LogP contribution >= 0.6 is 34.8 Å². The summed E-state index contributed by atoms with van der Waals surface area (Å²) < 4.78 is 0. The predicted octanol–water partition coefficient (Wildman–Crippen LogP) is 5.60. The van der Waals surface area contributed by atoms with Crippen molar-refractivity contribution in [2.45, 2.75) is 6.23 Å². The van der Waals surface area contributed by atoms with E-state index in [-0.39, 0.29) is 5.84 Å². The summed E-state index contributed by atoms with van der Waals surface area (Å²) in [6.45, 7) is 0. The van der Waals surface area contributed by atoms with Crippen molar-refractivity contribution in [3.8, 4) is 0 Å². The van der Waals surface area contributed by atoms with E-state index in [0.29, 0.717) is 43.3 Å². The molecule has 1 atom stereocenters. The number of carbonyl (C=O) groups excluding carboxylic acids is 1. The maximum Gasteiger partial charge on any atom is 0.435 e. The predicted molar refractivity (Wildman–Crippen MR) is 126 cm³/mol. The van der Waals surface area contributed by atoms with Crippen LogP contribution in [0.15, 0.2) is 76.7 Å². The fraction of sp³-hybridized carbons (Fsp3) is 0.0455. The van der Waals surface area contributed by atoms with Gasteiger partial charge in [0, 0.05) is 31.9 Å². The number of aliphatic hydroxyl groups is 1. The van der Waals surface area contributed by atoms with E-state index in [1.807, 2.05) is 0 Å². The second kappa shape index (κ2) is 9.58. The zero-order chi connectivity index (χ0) is 22.7. The lowest BCUT2D eigenvalue weighted by molar-refractivity contribution is 0.126. The standard InChI is InChI=1S/C22H15Cl3N4O3/c23-12-4-3-5-14(10-12)26-22(31)32-29-20-21(30)28-19(15-6-1-2-7-17(15)25)16-11-13(24)8-9-18(16)27-20/h1-11,21,30H,(H,26,31)(H,27,29). The highest BCUT2D eigenvalue weighted by Gasteiger charge is 2.24. The minimum Gasteiger partial charge on any atom is -0.365 e. The van der Waals surface area contributed by atoms with Gasteiger partial charge < -0.3 is 9.94 Å². The first kappa shape index (κ1) is 22.1. The van der Waals surface area contributed by atoms with Crippen LogP contribution in [0.4, 0.5) is 16.2 Å². The highest BCUT2D eigenvalue weighted by atomic mass is 35.5. The van der Waals surface area contributed by atoms with Gasteiger partial charge in [-0.25, -0.2) is 14.8 Å². The first-order valence-corrected chi connectivity index (χ1v) is 10.4. The lowest BCUT2D eigenvalue weighted by Gasteiger charge is -2.12. The van der Waals surface area contributed by atoms with Crippen LogP contribution in [-0.4, -0.2) is 29.0 Å². The molecule has 0 saturated heterocycles. The first-order valence-electron chi connectivity index (χ1n) is 9.29. The van der Waals surface area contributed by atoms with Gasteiger partial charge in [0.15, 0.2) is 5.84 Å². The Kier molecular flexibility index (Phi) is 6.62. The lowest BCUT2D eigenvalue weighted by atomic mass is 10.0. The fourth-order valence-corrected chi connectivity index (χ4v) is 3.58. The molecule has 1 unspecified atom stereocenters. The van der Waals surface area contributed by atoms with Crippen molar-refractivity contribution in [2.24, 2.45) is 9.98 Å². The van der Waals surface area contributed by atoms with Crippen LogP contribution in [0.3, 0.4) is 0 Å². The monoisotopic (exact) mass is 488 g/mol. The number of amides is 1. The highest BCUT2D eigenvalue weighted by molar-refractivity contribution is 6.36. The number of hydroxylamine groups is 1. The van der Waals surface area contributed by atoms with Gasteiger partial charge in [0.05, 0.1) is 11.4 Å². The second-order valence-corrected chi connectivity index (χ2v) is 7.90. The van der Waals surface area contributed by atoms with Crippen molar-refractivity contribution in [2.75, 3.05) is 5.32 Å². The molecule has 7 nitrogen and oxygen atoms in total. The number of nitrogens with zero attached hydrogens (tertiary/aromatic N) is 2. The molecular formula is C22H15Cl3N4O3. The number of halogens is 3. The van der Waals surface area contributed by atoms with Crippen LogP contribution in [0.5, 0.6) is 0 Å². The SMILES string of the molecule is O=C(Nc1cccc(Cl)c1)ONC1=Nc2ccc(Cl)cc2C(c2ccccc2Cl)=NC1O. The second-order valence-electron chi connectivity index (χ2n) is 6.62. The van der Waals surface area contributed by atoms with Gasteiger partial charge in [-0.2, -0.15) is 5.48 Å². The van der Waals surface area contributed by atoms with E-state index in [1.54, 1.807) is 66.7 Å². The molecule has 0 aliphatic carbocycles. The number of hydrogen-bond acceptors (Lipinski definition) is 6. The Morgan fingerprint density at radius 3 is 2.50 bits per heavy atom. The fourth-order valence-electron chi connectivity index (χ4n) is 2.99. The maximum atomic E-state index is 12.1. The third kappa shape index (κ3) is 5.03. The third-order valence-electron chi connectivity index (χ3n) is 4.40. The first-order chi connectivity index (χ1) is 15.4. The molecule has 3 N–H and O–H groups in total. The molecule has 0 fully saturated rings. The lowest BCUT2D eigenvalue weighted by Crippen LogP contribution is -2.36. The summed E-state index contributed by atoms with van der Waals surface area (Å²) in [7, 11) is 0. The Hall–Kier alpha value is -3.10. The van der Waals surface area contributed by atoms with Crippen LogP contribution in [0, 0.1) is 0 Å². The minimum atomic E-state index is -1.47. The molecule has 1 aliphatic rings. The zero-order valence-corrected chi connectivity index (χ0v) is 18.5. The molecule has 0 aromatic heterocycles. The molecular weight excluding hydrogens is 475 g/mol. The van der Waals surface area contributed by atoms with Gasteiger partial charge in [-0.05, 0) is 42.5 Å². The number of nitrogens with one attached hydrogen (secondary N) is 2. The smallest absolute Gasteiger partial charge is 0.365 e. The molecule has 4 rings (SSSR count). The summed E-state index contributed by atoms with van der Waals surface area (Å²) in [5.74, 6) is -0.100. The molecule has 1 amide bonds. The molecule has 10 heteroatoms. The van der Waals surface area contributed by atoms with Crippen LogP contribution < -0.4 is 10.8 Å². The number of amidine groups is 1. The molecule has 0 radical (unpaired) electrons. The van der Waals surface area contributed by atoms with Gasteiger partial charge in [-0.1, -0.05) is 59.1 Å². The minimum absolute atomic E-state index is 0.100. The summed E-state index contributed by atoms with van der Waals surface area (Å²) in [4.78, 5) is 25.9. The number of fused-ring (bicyclic) bond motifs is 1. The average molecular weight is 490 g/mol. The van der Waals surface area contributed by atoms with Gasteiger partial charge in [0.25, 0.3) is 0 Å². The van der Waals surface area contributed by atoms with Gasteiger partial charge in [-0.15, -0.1) is 0 Å². The molecule has 0 spiro atoms. The molecule has 0 saturated carbocycles. The van der Waals surface area contributed by atoms with Crippen molar-refractivity contribution < 1.29 is 14.7 Å². The summed E-state index contributed by atoms with van der Waals surface area (Å²) in [6, 6.07) is 18.6. The van der Waals surface area contributed by atoms with Gasteiger partial charge in [0.2, 0.25) is 6.23 Å². The van der Waals surface area contributed by atoms with Gasteiger partial charge in [0.1, 0.15) is 0 Å².